The number of anilines is 1. The number of nitrogens with two attached hydrogens (primary N) is 1. The number of aliphatic hydroxyl groups excluding tert-OH is 1. The van der Waals surface area contributed by atoms with Crippen molar-refractivity contribution in [1.82, 2.24) is 30.5 Å². The highest BCUT2D eigenvalue weighted by molar-refractivity contribution is 7.99. The molecule has 2 aromatic heterocycles. The molecule has 0 spiro atoms. The number of aliphatic hydroxyl groups is 1. The third-order valence-corrected chi connectivity index (χ3v) is 16.6. The number of nitrogens with one attached hydrogen (secondary N) is 3. The third-order valence-electron chi connectivity index (χ3n) is 15.2. The van der Waals surface area contributed by atoms with Gasteiger partial charge in [0, 0.05) is 49.2 Å². The van der Waals surface area contributed by atoms with Crippen molar-refractivity contribution in [2.75, 3.05) is 37.6 Å². The van der Waals surface area contributed by atoms with Gasteiger partial charge in [0.2, 0.25) is 5.91 Å². The van der Waals surface area contributed by atoms with Gasteiger partial charge in [-0.3, -0.25) is 14.4 Å². The molecule has 0 fully saturated rings. The number of imidazole rings is 1. The Hall–Kier alpha value is -5.00. The summed E-state index contributed by atoms with van der Waals surface area (Å²) in [6.45, 7) is 6.83. The van der Waals surface area contributed by atoms with Gasteiger partial charge >= 0.3 is 17.9 Å². The first kappa shape index (κ1) is 69.5. The fourth-order valence-corrected chi connectivity index (χ4v) is 11.5. The second-order valence-electron chi connectivity index (χ2n) is 22.2. The number of fused-ring (bicyclic) bond motifs is 3. The summed E-state index contributed by atoms with van der Waals surface area (Å²) >= 11 is 7.05. The number of unbranched alkanes of at least 4 members (excludes halogenated alkanes) is 25. The summed E-state index contributed by atoms with van der Waals surface area (Å²) in [6, 6.07) is 13.9. The van der Waals surface area contributed by atoms with Crippen LogP contribution in [0.3, 0.4) is 0 Å². The van der Waals surface area contributed by atoms with Gasteiger partial charge in [0.25, 0.3) is 0 Å². The van der Waals surface area contributed by atoms with E-state index < -0.39 is 36.7 Å². The van der Waals surface area contributed by atoms with Gasteiger partial charge < -0.3 is 45.6 Å². The molecule has 6 N–H and O–H groups in total. The Labute approximate surface area is 501 Å². The van der Waals surface area contributed by atoms with E-state index in [0.717, 1.165) is 97.6 Å². The lowest BCUT2D eigenvalue weighted by atomic mass is 10.0. The standard InChI is InChI=1S/C65H103N7O8S2/c1-5-8-11-13-15-17-19-21-23-25-27-29-31-38-58(74)79-47-52(80-59(75)39-32-30-28-26-24-22-20-18-16-14-12-9-6-2)48-82-49-56(63(76)69-55(46-73)64(77)78-4)70-65(81)67-44-50-40-42-51(43-41-50)45-72-57(37-10-7-3)71-60-61(72)53-35-33-34-36-54(53)68-62(60)66/h33-36,40-43,52,55-56,73H,5-32,37-39,44-49H2,1-4H3,(H2,66,68)(H,69,76)(H2,67,70,81)/t52-,55+,56?/m1/s1. The molecule has 2 aromatic carbocycles. The van der Waals surface area contributed by atoms with Crippen LogP contribution < -0.4 is 21.7 Å². The van der Waals surface area contributed by atoms with E-state index >= 15 is 0 Å². The minimum Gasteiger partial charge on any atom is -0.467 e. The van der Waals surface area contributed by atoms with Crippen LogP contribution in [0.2, 0.25) is 0 Å². The highest BCUT2D eigenvalue weighted by Gasteiger charge is 2.28. The van der Waals surface area contributed by atoms with E-state index in [9.17, 15) is 24.3 Å². The Morgan fingerprint density at radius 3 is 1.72 bits per heavy atom. The second kappa shape index (κ2) is 42.8. The molecule has 0 radical (unpaired) electrons. The van der Waals surface area contributed by atoms with Crippen molar-refractivity contribution in [1.29, 1.82) is 0 Å². The number of carbonyl (C=O) groups excluding carboxylic acids is 4. The summed E-state index contributed by atoms with van der Waals surface area (Å²) in [4.78, 5) is 62.2. The molecule has 15 nitrogen and oxygen atoms in total. The summed E-state index contributed by atoms with van der Waals surface area (Å²) in [6.07, 6.45) is 34.0. The number of pyridine rings is 1. The molecule has 1 unspecified atom stereocenters. The third kappa shape index (κ3) is 27.6. The van der Waals surface area contributed by atoms with Crippen LogP contribution in [-0.4, -0.2) is 98.6 Å². The Balaban J connectivity index is 1.33. The van der Waals surface area contributed by atoms with Crippen molar-refractivity contribution in [3.63, 3.8) is 0 Å². The molecule has 0 aliphatic heterocycles. The number of hydrogen-bond donors (Lipinski definition) is 5. The molecule has 82 heavy (non-hydrogen) atoms. The normalized spacial score (nSPS) is 12.5. The van der Waals surface area contributed by atoms with E-state index in [1.54, 1.807) is 0 Å². The number of nitrogens with zero attached hydrogens (tertiary/aromatic N) is 3. The smallest absolute Gasteiger partial charge is 0.330 e. The first-order valence-corrected chi connectivity index (χ1v) is 33.1. The van der Waals surface area contributed by atoms with E-state index in [4.69, 9.17) is 37.1 Å². The maximum absolute atomic E-state index is 13.8. The van der Waals surface area contributed by atoms with Crippen molar-refractivity contribution in [3.05, 3.63) is 65.5 Å². The number of rotatable bonds is 47. The molecule has 1 amide bonds. The number of hydrogen-bond acceptors (Lipinski definition) is 13. The lowest BCUT2D eigenvalue weighted by Crippen LogP contribution is -2.55. The maximum atomic E-state index is 13.8. The number of carbonyl (C=O) groups is 4. The molecule has 4 rings (SSSR count). The van der Waals surface area contributed by atoms with Gasteiger partial charge in [0.05, 0.1) is 24.8 Å². The fourth-order valence-electron chi connectivity index (χ4n) is 10.2. The first-order chi connectivity index (χ1) is 40.0. The van der Waals surface area contributed by atoms with E-state index in [1.165, 1.54) is 141 Å². The lowest BCUT2D eigenvalue weighted by Gasteiger charge is -2.24. The van der Waals surface area contributed by atoms with Gasteiger partial charge in [0.15, 0.2) is 17.0 Å². The zero-order valence-corrected chi connectivity index (χ0v) is 52.2. The van der Waals surface area contributed by atoms with Crippen molar-refractivity contribution < 1.29 is 38.5 Å². The first-order valence-electron chi connectivity index (χ1n) is 31.6. The van der Waals surface area contributed by atoms with Crippen molar-refractivity contribution in [2.24, 2.45) is 0 Å². The number of thiocarbonyl (C=S) groups is 1. The molecule has 0 aliphatic carbocycles. The average molecular weight is 1170 g/mol. The van der Waals surface area contributed by atoms with Crippen LogP contribution >= 0.6 is 24.0 Å². The average Bonchev–Trinajstić information content (AvgIpc) is 3.03. The number of amides is 1. The Kier molecular flexibility index (Phi) is 36.2. The van der Waals surface area contributed by atoms with Crippen LogP contribution in [0.4, 0.5) is 5.82 Å². The van der Waals surface area contributed by atoms with Crippen LogP contribution in [0.15, 0.2) is 48.5 Å². The van der Waals surface area contributed by atoms with E-state index in [0.29, 0.717) is 30.8 Å². The minimum atomic E-state index is -1.30. The van der Waals surface area contributed by atoms with Crippen molar-refractivity contribution >= 4 is 80.7 Å². The van der Waals surface area contributed by atoms with E-state index in [-0.39, 0.29) is 41.6 Å². The number of ether oxygens (including phenoxy) is 3. The predicted molar refractivity (Wildman–Crippen MR) is 340 cm³/mol. The monoisotopic (exact) mass is 1170 g/mol. The predicted octanol–water partition coefficient (Wildman–Crippen LogP) is 13.7. The van der Waals surface area contributed by atoms with Crippen LogP contribution in [0.1, 0.15) is 230 Å². The summed E-state index contributed by atoms with van der Waals surface area (Å²) in [5.74, 6) is -0.330. The second-order valence-corrected chi connectivity index (χ2v) is 23.7. The Bertz CT molecular complexity index is 2440. The molecular formula is C65H103N7O8S2. The molecule has 0 bridgehead atoms. The Morgan fingerprint density at radius 1 is 0.646 bits per heavy atom. The topological polar surface area (TPSA) is 209 Å². The number of para-hydroxylation sites is 1. The number of benzene rings is 2. The van der Waals surface area contributed by atoms with Gasteiger partial charge in [-0.1, -0.05) is 224 Å². The quantitative estimate of drug-likeness (QED) is 0.0121. The number of aromatic nitrogens is 3. The summed E-state index contributed by atoms with van der Waals surface area (Å²) in [5, 5.41) is 20.1. The van der Waals surface area contributed by atoms with Gasteiger partial charge in [0.1, 0.15) is 30.1 Å². The Morgan fingerprint density at radius 2 is 1.17 bits per heavy atom. The summed E-state index contributed by atoms with van der Waals surface area (Å²) < 4.78 is 18.8. The molecule has 4 aromatic rings. The van der Waals surface area contributed by atoms with Gasteiger partial charge in [-0.25, -0.2) is 14.8 Å². The number of esters is 3. The van der Waals surface area contributed by atoms with Crippen LogP contribution in [0, 0.1) is 0 Å². The number of methoxy groups -OCH3 is 1. The molecule has 17 heteroatoms. The number of thioether (sulfide) groups is 1. The highest BCUT2D eigenvalue weighted by Crippen LogP contribution is 2.30. The largest absolute Gasteiger partial charge is 0.467 e. The van der Waals surface area contributed by atoms with Gasteiger partial charge in [-0.15, -0.1) is 0 Å². The minimum absolute atomic E-state index is 0.103. The fraction of sp³-hybridized carbons (Fsp3) is 0.677. The SMILES string of the molecule is CCCCCCCCCCCCCCCC(=O)OC[C@H](CSCC(NC(=S)NCc1ccc(Cn2c(CCCC)nc3c(N)nc4ccccc4c32)cc1)C(=O)N[C@@H](CO)C(=O)OC)OC(=O)CCCCCCCCCCCCCCC. The molecule has 0 saturated carbocycles. The molecule has 0 aliphatic rings. The molecule has 3 atom stereocenters. The van der Waals surface area contributed by atoms with Gasteiger partial charge in [-0.05, 0) is 48.7 Å². The zero-order valence-electron chi connectivity index (χ0n) is 50.6. The van der Waals surface area contributed by atoms with Crippen LogP contribution in [-0.2, 0) is 52.9 Å². The molecular weight excluding hydrogens is 1070 g/mol. The molecule has 2 heterocycles. The van der Waals surface area contributed by atoms with Crippen LogP contribution in [0.5, 0.6) is 0 Å². The van der Waals surface area contributed by atoms with Crippen molar-refractivity contribution in [2.45, 2.75) is 251 Å². The number of nitrogen functional groups attached to an aromatic ring is 1. The summed E-state index contributed by atoms with van der Waals surface area (Å²) in [7, 11) is 1.18. The zero-order chi connectivity index (χ0) is 59.0. The van der Waals surface area contributed by atoms with Gasteiger partial charge in [-0.2, -0.15) is 11.8 Å². The maximum Gasteiger partial charge on any atom is 0.330 e. The van der Waals surface area contributed by atoms with Crippen LogP contribution in [0.25, 0.3) is 21.9 Å². The highest BCUT2D eigenvalue weighted by atomic mass is 32.2. The summed E-state index contributed by atoms with van der Waals surface area (Å²) in [5.41, 5.74) is 11.0. The lowest BCUT2D eigenvalue weighted by molar-refractivity contribution is -0.157. The molecule has 0 saturated heterocycles. The van der Waals surface area contributed by atoms with E-state index in [1.807, 2.05) is 30.3 Å². The number of aryl methyl sites for hydroxylation is 1. The van der Waals surface area contributed by atoms with E-state index in [2.05, 4.69) is 64.5 Å². The van der Waals surface area contributed by atoms with Crippen molar-refractivity contribution in [3.8, 4) is 0 Å². The molecule has 458 valence electrons.